The van der Waals surface area contributed by atoms with Crippen LogP contribution in [-0.2, 0) is 0 Å². The zero-order valence-electron chi connectivity index (χ0n) is 12.5. The van der Waals surface area contributed by atoms with Crippen LogP contribution in [0.2, 0.25) is 0 Å². The van der Waals surface area contributed by atoms with Crippen LogP contribution in [-0.4, -0.2) is 21.7 Å². The van der Waals surface area contributed by atoms with Gasteiger partial charge < -0.3 is 9.26 Å². The molecule has 114 valence electrons. The number of hydrogen-bond donors (Lipinski definition) is 0. The lowest BCUT2D eigenvalue weighted by atomic mass is 10.1. The fourth-order valence-corrected chi connectivity index (χ4v) is 2.73. The second-order valence-electron chi connectivity index (χ2n) is 6.87. The molecule has 0 radical (unpaired) electrons. The predicted molar refractivity (Wildman–Crippen MR) is 79.7 cm³/mol. The highest BCUT2D eigenvalue weighted by atomic mass is 16.5. The minimum atomic E-state index is 0.494. The third-order valence-electron chi connectivity index (χ3n) is 4.69. The molecule has 0 atom stereocenters. The molecule has 0 saturated heterocycles. The standard InChI is InChI=1S/C17H19N3O2/c1-2-10(1)9-21-15-7-14(18-8-13(15)11-3-4-11)17-19-16(20-22-17)12-5-6-12/h7-8,10-12H,1-6,9H2. The molecule has 2 aromatic rings. The lowest BCUT2D eigenvalue weighted by molar-refractivity contribution is 0.296. The monoisotopic (exact) mass is 297 g/mol. The molecule has 5 nitrogen and oxygen atoms in total. The number of ether oxygens (including phenoxy) is 1. The van der Waals surface area contributed by atoms with Crippen LogP contribution in [0.5, 0.6) is 5.75 Å². The van der Waals surface area contributed by atoms with Gasteiger partial charge in [-0.1, -0.05) is 5.16 Å². The van der Waals surface area contributed by atoms with E-state index in [0.717, 1.165) is 29.8 Å². The van der Waals surface area contributed by atoms with Gasteiger partial charge in [-0.25, -0.2) is 0 Å². The molecular formula is C17H19N3O2. The molecule has 22 heavy (non-hydrogen) atoms. The van der Waals surface area contributed by atoms with E-state index in [0.29, 0.717) is 17.7 Å². The van der Waals surface area contributed by atoms with Crippen LogP contribution in [0.4, 0.5) is 0 Å². The van der Waals surface area contributed by atoms with Crippen molar-refractivity contribution in [2.24, 2.45) is 5.92 Å². The van der Waals surface area contributed by atoms with E-state index in [1.54, 1.807) is 0 Å². The van der Waals surface area contributed by atoms with Crippen LogP contribution >= 0.6 is 0 Å². The van der Waals surface area contributed by atoms with Crippen molar-refractivity contribution in [3.05, 3.63) is 23.7 Å². The van der Waals surface area contributed by atoms with E-state index < -0.39 is 0 Å². The molecule has 0 aromatic carbocycles. The molecule has 0 bridgehead atoms. The first kappa shape index (κ1) is 12.6. The van der Waals surface area contributed by atoms with Crippen molar-refractivity contribution in [2.45, 2.75) is 50.4 Å². The first-order valence-corrected chi connectivity index (χ1v) is 8.33. The van der Waals surface area contributed by atoms with Gasteiger partial charge in [0.15, 0.2) is 5.82 Å². The Labute approximate surface area is 129 Å². The molecule has 2 heterocycles. The fraction of sp³-hybridized carbons (Fsp3) is 0.588. The van der Waals surface area contributed by atoms with E-state index in [1.165, 1.54) is 44.1 Å². The average Bonchev–Trinajstić information content (AvgIpc) is 3.41. The lowest BCUT2D eigenvalue weighted by Gasteiger charge is -2.11. The summed E-state index contributed by atoms with van der Waals surface area (Å²) in [6.07, 6.45) is 9.36. The third kappa shape index (κ3) is 2.49. The highest BCUT2D eigenvalue weighted by Crippen LogP contribution is 2.45. The summed E-state index contributed by atoms with van der Waals surface area (Å²) in [5.41, 5.74) is 1.97. The summed E-state index contributed by atoms with van der Waals surface area (Å²) in [6.45, 7) is 0.820. The normalized spacial score (nSPS) is 21.1. The average molecular weight is 297 g/mol. The van der Waals surface area contributed by atoms with Crippen molar-refractivity contribution in [2.75, 3.05) is 6.61 Å². The molecule has 5 rings (SSSR count). The predicted octanol–water partition coefficient (Wildman–Crippen LogP) is 3.68. The van der Waals surface area contributed by atoms with Gasteiger partial charge in [0.25, 0.3) is 5.89 Å². The summed E-state index contributed by atoms with van der Waals surface area (Å²) in [7, 11) is 0. The molecule has 5 heteroatoms. The van der Waals surface area contributed by atoms with Crippen LogP contribution in [0.15, 0.2) is 16.8 Å². The Bertz CT molecular complexity index is 700. The number of aromatic nitrogens is 3. The molecule has 0 aliphatic heterocycles. The Morgan fingerprint density at radius 1 is 1.09 bits per heavy atom. The van der Waals surface area contributed by atoms with Gasteiger partial charge in [0.1, 0.15) is 11.4 Å². The molecule has 0 spiro atoms. The van der Waals surface area contributed by atoms with Gasteiger partial charge in [0, 0.05) is 23.7 Å². The van der Waals surface area contributed by atoms with Crippen LogP contribution in [0, 0.1) is 5.92 Å². The first-order valence-electron chi connectivity index (χ1n) is 8.33. The molecule has 3 aliphatic rings. The number of rotatable bonds is 6. The minimum Gasteiger partial charge on any atom is -0.493 e. The SMILES string of the molecule is c1c(-c2nc(C3CC3)no2)ncc(C2CC2)c1OCC1CC1. The summed E-state index contributed by atoms with van der Waals surface area (Å²) >= 11 is 0. The first-order chi connectivity index (χ1) is 10.9. The van der Waals surface area contributed by atoms with Crippen LogP contribution in [0.25, 0.3) is 11.6 Å². The summed E-state index contributed by atoms with van der Waals surface area (Å²) in [4.78, 5) is 9.02. The molecule has 3 saturated carbocycles. The highest BCUT2D eigenvalue weighted by Gasteiger charge is 2.31. The van der Waals surface area contributed by atoms with E-state index in [4.69, 9.17) is 9.26 Å². The van der Waals surface area contributed by atoms with Gasteiger partial charge in [-0.3, -0.25) is 4.98 Å². The van der Waals surface area contributed by atoms with Gasteiger partial charge in [0.2, 0.25) is 0 Å². The summed E-state index contributed by atoms with van der Waals surface area (Å²) in [5, 5.41) is 4.07. The zero-order valence-corrected chi connectivity index (χ0v) is 12.5. The van der Waals surface area contributed by atoms with E-state index in [-0.39, 0.29) is 0 Å². The molecular weight excluding hydrogens is 278 g/mol. The molecule has 3 aliphatic carbocycles. The number of hydrogen-bond acceptors (Lipinski definition) is 5. The number of nitrogens with zero attached hydrogens (tertiary/aromatic N) is 3. The maximum atomic E-state index is 6.06. The third-order valence-corrected chi connectivity index (χ3v) is 4.69. The molecule has 2 aromatic heterocycles. The van der Waals surface area contributed by atoms with E-state index in [9.17, 15) is 0 Å². The molecule has 0 unspecified atom stereocenters. The number of pyridine rings is 1. The largest absolute Gasteiger partial charge is 0.493 e. The molecule has 3 fully saturated rings. The van der Waals surface area contributed by atoms with Crippen LogP contribution in [0.3, 0.4) is 0 Å². The quantitative estimate of drug-likeness (QED) is 0.814. The van der Waals surface area contributed by atoms with E-state index in [2.05, 4.69) is 15.1 Å². The Balaban J connectivity index is 1.44. The lowest BCUT2D eigenvalue weighted by Crippen LogP contribution is -2.02. The van der Waals surface area contributed by atoms with Crippen molar-refractivity contribution in [3.63, 3.8) is 0 Å². The second-order valence-corrected chi connectivity index (χ2v) is 6.87. The Morgan fingerprint density at radius 3 is 2.64 bits per heavy atom. The van der Waals surface area contributed by atoms with Gasteiger partial charge >= 0.3 is 0 Å². The zero-order chi connectivity index (χ0) is 14.5. The van der Waals surface area contributed by atoms with Crippen molar-refractivity contribution in [1.29, 1.82) is 0 Å². The van der Waals surface area contributed by atoms with Crippen LogP contribution < -0.4 is 4.74 Å². The Morgan fingerprint density at radius 2 is 1.91 bits per heavy atom. The minimum absolute atomic E-state index is 0.494. The summed E-state index contributed by atoms with van der Waals surface area (Å²) < 4.78 is 11.4. The van der Waals surface area contributed by atoms with Crippen molar-refractivity contribution in [1.82, 2.24) is 15.1 Å². The van der Waals surface area contributed by atoms with Crippen molar-refractivity contribution >= 4 is 0 Å². The van der Waals surface area contributed by atoms with E-state index in [1.807, 2.05) is 12.3 Å². The Hall–Kier alpha value is -1.91. The van der Waals surface area contributed by atoms with Gasteiger partial charge in [-0.15, -0.1) is 0 Å². The van der Waals surface area contributed by atoms with Crippen LogP contribution in [0.1, 0.15) is 61.7 Å². The smallest absolute Gasteiger partial charge is 0.276 e. The maximum absolute atomic E-state index is 6.06. The molecule has 0 amide bonds. The van der Waals surface area contributed by atoms with Gasteiger partial charge in [-0.2, -0.15) is 4.98 Å². The van der Waals surface area contributed by atoms with Gasteiger partial charge in [0.05, 0.1) is 6.61 Å². The van der Waals surface area contributed by atoms with Crippen molar-refractivity contribution in [3.8, 4) is 17.3 Å². The molecule has 0 N–H and O–H groups in total. The summed E-state index contributed by atoms with van der Waals surface area (Å²) in [5.74, 6) is 4.16. The van der Waals surface area contributed by atoms with E-state index >= 15 is 0 Å². The highest BCUT2D eigenvalue weighted by molar-refractivity contribution is 5.53. The maximum Gasteiger partial charge on any atom is 0.276 e. The topological polar surface area (TPSA) is 61.0 Å². The summed E-state index contributed by atoms with van der Waals surface area (Å²) in [6, 6.07) is 1.99. The fourth-order valence-electron chi connectivity index (χ4n) is 2.73. The Kier molecular flexibility index (Phi) is 2.75. The van der Waals surface area contributed by atoms with Gasteiger partial charge in [-0.05, 0) is 50.4 Å². The van der Waals surface area contributed by atoms with Crippen molar-refractivity contribution < 1.29 is 9.26 Å². The second kappa shape index (κ2) is 4.80.